The molecule has 8 nitrogen and oxygen atoms in total. The van der Waals surface area contributed by atoms with Gasteiger partial charge in [-0.1, -0.05) is 6.07 Å². The summed E-state index contributed by atoms with van der Waals surface area (Å²) in [5, 5.41) is 25.8. The first-order chi connectivity index (χ1) is 18.5. The molecule has 3 N–H and O–H groups in total. The van der Waals surface area contributed by atoms with Crippen LogP contribution in [0.5, 0.6) is 17.2 Å². The van der Waals surface area contributed by atoms with Gasteiger partial charge < -0.3 is 25.0 Å². The highest BCUT2D eigenvalue weighted by Gasteiger charge is 2.75. The lowest BCUT2D eigenvalue weighted by Gasteiger charge is -2.63. The Bertz CT molecular complexity index is 1380. The summed E-state index contributed by atoms with van der Waals surface area (Å²) in [7, 11) is 0. The quantitative estimate of drug-likeness (QED) is 0.496. The first-order valence-electron chi connectivity index (χ1n) is 13.2. The van der Waals surface area contributed by atoms with Gasteiger partial charge in [0.25, 0.3) is 0 Å². The SMILES string of the molecule is O=C(Nc1ccc(OC(F)(F)F)cc1)C1C[C@@]2(O)[C@H]3Cc4ccc(O)c5c4[C@@]2(CCN3CC2CC2)[C@@H](O5)C1=O. The zero-order chi connectivity index (χ0) is 27.3. The highest BCUT2D eigenvalue weighted by Crippen LogP contribution is 2.65. The van der Waals surface area contributed by atoms with Gasteiger partial charge in [-0.2, -0.15) is 0 Å². The second-order valence-electron chi connectivity index (χ2n) is 11.5. The molecule has 1 unspecified atom stereocenters. The maximum absolute atomic E-state index is 13.9. The normalized spacial score (nSPS) is 32.8. The molecule has 0 radical (unpaired) electrons. The predicted octanol–water partition coefficient (Wildman–Crippen LogP) is 3.29. The van der Waals surface area contributed by atoms with Crippen molar-refractivity contribution >= 4 is 17.4 Å². The number of likely N-dealkylation sites (tertiary alicyclic amines) is 1. The molecule has 0 aromatic heterocycles. The lowest BCUT2D eigenvalue weighted by Crippen LogP contribution is -2.78. The second kappa shape index (κ2) is 8.11. The summed E-state index contributed by atoms with van der Waals surface area (Å²) >= 11 is 0. The van der Waals surface area contributed by atoms with E-state index < -0.39 is 46.8 Å². The number of hydrogen-bond acceptors (Lipinski definition) is 7. The number of anilines is 1. The second-order valence-corrected chi connectivity index (χ2v) is 11.5. The van der Waals surface area contributed by atoms with Crippen LogP contribution in [-0.2, 0) is 21.4 Å². The minimum absolute atomic E-state index is 0.103. The number of aromatic hydroxyl groups is 1. The van der Waals surface area contributed by atoms with Crippen LogP contribution in [0.4, 0.5) is 18.9 Å². The van der Waals surface area contributed by atoms with Crippen molar-refractivity contribution in [2.45, 2.75) is 61.6 Å². The van der Waals surface area contributed by atoms with Gasteiger partial charge in [-0.3, -0.25) is 14.5 Å². The lowest BCUT2D eigenvalue weighted by molar-refractivity contribution is -0.274. The number of Topliss-reactive ketones (excluding diaryl/α,β-unsaturated/α-hetero) is 1. The number of ketones is 1. The fourth-order valence-electron chi connectivity index (χ4n) is 7.49. The molecule has 7 rings (SSSR count). The summed E-state index contributed by atoms with van der Waals surface area (Å²) in [4.78, 5) is 29.6. The molecule has 11 heteroatoms. The van der Waals surface area contributed by atoms with E-state index in [4.69, 9.17) is 4.74 Å². The minimum atomic E-state index is -4.84. The van der Waals surface area contributed by atoms with Crippen molar-refractivity contribution in [3.63, 3.8) is 0 Å². The Morgan fingerprint density at radius 2 is 1.92 bits per heavy atom. The Morgan fingerprint density at radius 3 is 2.62 bits per heavy atom. The molecule has 2 saturated carbocycles. The fourth-order valence-corrected chi connectivity index (χ4v) is 7.49. The largest absolute Gasteiger partial charge is 0.573 e. The summed E-state index contributed by atoms with van der Waals surface area (Å²) in [6.07, 6.45) is -2.85. The van der Waals surface area contributed by atoms with Crippen LogP contribution in [0.3, 0.4) is 0 Å². The number of halogens is 3. The molecule has 1 saturated heterocycles. The number of aliphatic hydroxyl groups is 1. The number of carbonyl (C=O) groups excluding carboxylic acids is 2. The van der Waals surface area contributed by atoms with E-state index in [1.807, 2.05) is 6.07 Å². The summed E-state index contributed by atoms with van der Waals surface area (Å²) in [5.74, 6) is -2.16. The molecule has 2 aromatic rings. The molecule has 2 aromatic carbocycles. The van der Waals surface area contributed by atoms with E-state index in [1.54, 1.807) is 6.07 Å². The number of amides is 1. The Morgan fingerprint density at radius 1 is 1.18 bits per heavy atom. The fraction of sp³-hybridized carbons (Fsp3) is 0.500. The number of phenolic OH excluding ortho intramolecular Hbond substituents is 1. The molecule has 39 heavy (non-hydrogen) atoms. The Labute approximate surface area is 221 Å². The summed E-state index contributed by atoms with van der Waals surface area (Å²) in [6, 6.07) is 7.69. The molecule has 5 atom stereocenters. The van der Waals surface area contributed by atoms with E-state index in [0.29, 0.717) is 30.9 Å². The van der Waals surface area contributed by atoms with Crippen LogP contribution in [0.15, 0.2) is 36.4 Å². The number of alkyl halides is 3. The van der Waals surface area contributed by atoms with Crippen molar-refractivity contribution in [2.24, 2.45) is 11.8 Å². The van der Waals surface area contributed by atoms with Gasteiger partial charge in [-0.25, -0.2) is 0 Å². The zero-order valence-electron chi connectivity index (χ0n) is 20.8. The number of carbonyl (C=O) groups is 2. The van der Waals surface area contributed by atoms with Crippen LogP contribution in [-0.4, -0.2) is 64.0 Å². The van der Waals surface area contributed by atoms with Crippen molar-refractivity contribution < 1.29 is 42.4 Å². The number of ether oxygens (including phenoxy) is 2. The zero-order valence-corrected chi connectivity index (χ0v) is 20.8. The first kappa shape index (κ1) is 24.7. The third-order valence-corrected chi connectivity index (χ3v) is 9.30. The number of nitrogens with one attached hydrogen (secondary N) is 1. The Balaban J connectivity index is 1.23. The Kier molecular flexibility index (Phi) is 5.14. The van der Waals surface area contributed by atoms with Gasteiger partial charge in [-0.05, 0) is 80.5 Å². The average molecular weight is 545 g/mol. The van der Waals surface area contributed by atoms with Gasteiger partial charge in [0.15, 0.2) is 23.4 Å². The van der Waals surface area contributed by atoms with Gasteiger partial charge in [-0.15, -0.1) is 13.2 Å². The minimum Gasteiger partial charge on any atom is -0.504 e. The van der Waals surface area contributed by atoms with Crippen molar-refractivity contribution in [1.29, 1.82) is 0 Å². The van der Waals surface area contributed by atoms with Crippen LogP contribution in [0.2, 0.25) is 0 Å². The standard InChI is InChI=1S/C28H27F3N2O6/c29-28(30,31)39-17-6-4-16(5-7-17)32-25(36)18-12-27(37)20-11-15-3-8-19(34)23-21(15)26(27,24(38-23)22(18)35)9-10-33(20)13-14-1-2-14/h3-8,14,18,20,24,34,37H,1-2,9-13H2,(H,32,36)/t18?,20-,24+,26+,27-/m1/s1. The van der Waals surface area contributed by atoms with Crippen molar-refractivity contribution in [3.8, 4) is 17.2 Å². The van der Waals surface area contributed by atoms with E-state index in [2.05, 4.69) is 15.0 Å². The third-order valence-electron chi connectivity index (χ3n) is 9.30. The molecule has 5 aliphatic rings. The van der Waals surface area contributed by atoms with Gasteiger partial charge in [0.2, 0.25) is 5.91 Å². The molecule has 3 aliphatic carbocycles. The summed E-state index contributed by atoms with van der Waals surface area (Å²) in [5.41, 5.74) is -0.715. The maximum atomic E-state index is 13.9. The molecule has 206 valence electrons. The van der Waals surface area contributed by atoms with Crippen molar-refractivity contribution in [1.82, 2.24) is 4.90 Å². The molecule has 2 heterocycles. The smallest absolute Gasteiger partial charge is 0.504 e. The molecule has 2 aliphatic heterocycles. The highest BCUT2D eigenvalue weighted by atomic mass is 19.4. The number of nitrogens with zero attached hydrogens (tertiary/aromatic N) is 1. The van der Waals surface area contributed by atoms with Crippen LogP contribution in [0, 0.1) is 11.8 Å². The van der Waals surface area contributed by atoms with Gasteiger partial charge >= 0.3 is 6.36 Å². The van der Waals surface area contributed by atoms with E-state index in [1.165, 1.54) is 12.1 Å². The maximum Gasteiger partial charge on any atom is 0.573 e. The van der Waals surface area contributed by atoms with Crippen molar-refractivity contribution in [3.05, 3.63) is 47.5 Å². The van der Waals surface area contributed by atoms with E-state index in [-0.39, 0.29) is 29.6 Å². The third kappa shape index (κ3) is 3.58. The summed E-state index contributed by atoms with van der Waals surface area (Å²) < 4.78 is 47.5. The number of benzene rings is 2. The molecule has 1 amide bonds. The van der Waals surface area contributed by atoms with E-state index >= 15 is 0 Å². The average Bonchev–Trinajstić information content (AvgIpc) is 3.61. The van der Waals surface area contributed by atoms with Gasteiger partial charge in [0, 0.05) is 23.8 Å². The molecular formula is C28H27F3N2O6. The van der Waals surface area contributed by atoms with Crippen LogP contribution in [0.1, 0.15) is 36.8 Å². The Hall–Kier alpha value is -3.31. The number of hydrogen-bond donors (Lipinski definition) is 3. The lowest BCUT2D eigenvalue weighted by atomic mass is 9.47. The van der Waals surface area contributed by atoms with Gasteiger partial charge in [0.1, 0.15) is 11.7 Å². The number of phenols is 1. The predicted molar refractivity (Wildman–Crippen MR) is 130 cm³/mol. The number of rotatable bonds is 5. The molecule has 2 bridgehead atoms. The van der Waals surface area contributed by atoms with Crippen LogP contribution in [0.25, 0.3) is 0 Å². The van der Waals surface area contributed by atoms with Crippen molar-refractivity contribution in [2.75, 3.05) is 18.4 Å². The molecule has 3 fully saturated rings. The topological polar surface area (TPSA) is 108 Å². The van der Waals surface area contributed by atoms with Crippen LogP contribution < -0.4 is 14.8 Å². The number of piperidine rings is 1. The van der Waals surface area contributed by atoms with E-state index in [9.17, 15) is 33.0 Å². The highest BCUT2D eigenvalue weighted by molar-refractivity contribution is 6.10. The van der Waals surface area contributed by atoms with E-state index in [0.717, 1.165) is 37.1 Å². The molecular weight excluding hydrogens is 517 g/mol. The van der Waals surface area contributed by atoms with Gasteiger partial charge in [0.05, 0.1) is 11.0 Å². The van der Waals surface area contributed by atoms with Crippen LogP contribution >= 0.6 is 0 Å². The first-order valence-corrected chi connectivity index (χ1v) is 13.2. The summed E-state index contributed by atoms with van der Waals surface area (Å²) in [6.45, 7) is 1.51. The monoisotopic (exact) mass is 544 g/mol. The molecule has 1 spiro atoms.